The molecule has 1 heteroatoms. The average molecular weight is 227 g/mol. The van der Waals surface area contributed by atoms with Gasteiger partial charge in [0.1, 0.15) is 0 Å². The van der Waals surface area contributed by atoms with Crippen LogP contribution in [0.15, 0.2) is 24.3 Å². The van der Waals surface area contributed by atoms with Gasteiger partial charge in [0.15, 0.2) is 0 Å². The van der Waals surface area contributed by atoms with Crippen molar-refractivity contribution in [3.8, 4) is 6.07 Å². The van der Waals surface area contributed by atoms with E-state index in [2.05, 4.69) is 58.0 Å². The van der Waals surface area contributed by atoms with Gasteiger partial charge < -0.3 is 0 Å². The van der Waals surface area contributed by atoms with E-state index in [-0.39, 0.29) is 10.8 Å². The Morgan fingerprint density at radius 1 is 1.29 bits per heavy atom. The van der Waals surface area contributed by atoms with Crippen molar-refractivity contribution in [2.75, 3.05) is 0 Å². The first-order valence-corrected chi connectivity index (χ1v) is 6.48. The molecule has 0 spiro atoms. The maximum absolute atomic E-state index is 9.42. The Labute approximate surface area is 104 Å². The van der Waals surface area contributed by atoms with Gasteiger partial charge in [-0.2, -0.15) is 5.26 Å². The Bertz CT molecular complexity index is 449. The number of benzene rings is 1. The number of nitriles is 1. The molecule has 0 aliphatic heterocycles. The standard InChI is InChI=1S/C16H21N/c1-5-12(2)13-6-8-14(9-7-13)16(11-17)10-15(16,3)4/h6-9,12H,5,10H2,1-4H3. The largest absolute Gasteiger partial charge is 0.197 e. The lowest BCUT2D eigenvalue weighted by atomic mass is 9.87. The maximum atomic E-state index is 9.42. The highest BCUT2D eigenvalue weighted by atomic mass is 14.6. The molecule has 1 aliphatic carbocycles. The average Bonchev–Trinajstić information content (AvgIpc) is 2.92. The van der Waals surface area contributed by atoms with Gasteiger partial charge in [0, 0.05) is 0 Å². The highest BCUT2D eigenvalue weighted by Crippen LogP contribution is 2.63. The summed E-state index contributed by atoms with van der Waals surface area (Å²) in [5.74, 6) is 0.606. The predicted molar refractivity (Wildman–Crippen MR) is 70.8 cm³/mol. The highest BCUT2D eigenvalue weighted by molar-refractivity contribution is 5.45. The molecular formula is C16H21N. The fraction of sp³-hybridized carbons (Fsp3) is 0.562. The zero-order valence-electron chi connectivity index (χ0n) is 11.2. The van der Waals surface area contributed by atoms with Crippen LogP contribution >= 0.6 is 0 Å². The van der Waals surface area contributed by atoms with Crippen molar-refractivity contribution in [3.63, 3.8) is 0 Å². The first-order valence-electron chi connectivity index (χ1n) is 6.48. The molecule has 0 heterocycles. The molecular weight excluding hydrogens is 206 g/mol. The second-order valence-corrected chi connectivity index (χ2v) is 6.01. The summed E-state index contributed by atoms with van der Waals surface area (Å²) in [6.07, 6.45) is 2.15. The SMILES string of the molecule is CCC(C)c1ccc(C2(C#N)CC2(C)C)cc1. The minimum absolute atomic E-state index is 0.139. The van der Waals surface area contributed by atoms with Gasteiger partial charge in [-0.15, -0.1) is 0 Å². The van der Waals surface area contributed by atoms with Gasteiger partial charge in [-0.25, -0.2) is 0 Å². The third kappa shape index (κ3) is 1.76. The lowest BCUT2D eigenvalue weighted by Crippen LogP contribution is -2.11. The van der Waals surface area contributed by atoms with Crippen LogP contribution in [-0.4, -0.2) is 0 Å². The Morgan fingerprint density at radius 3 is 2.18 bits per heavy atom. The first kappa shape index (κ1) is 12.2. The van der Waals surface area contributed by atoms with E-state index in [1.165, 1.54) is 11.1 Å². The van der Waals surface area contributed by atoms with E-state index in [9.17, 15) is 5.26 Å². The summed E-state index contributed by atoms with van der Waals surface area (Å²) in [4.78, 5) is 0. The molecule has 1 fully saturated rings. The Morgan fingerprint density at radius 2 is 1.82 bits per heavy atom. The van der Waals surface area contributed by atoms with Gasteiger partial charge in [0.05, 0.1) is 11.5 Å². The van der Waals surface area contributed by atoms with E-state index in [4.69, 9.17) is 0 Å². The molecule has 1 aromatic rings. The van der Waals surface area contributed by atoms with Crippen molar-refractivity contribution in [2.24, 2.45) is 5.41 Å². The third-order valence-electron chi connectivity index (χ3n) is 4.51. The second-order valence-electron chi connectivity index (χ2n) is 6.01. The van der Waals surface area contributed by atoms with Gasteiger partial charge in [-0.05, 0) is 35.3 Å². The zero-order chi connectivity index (χ0) is 12.7. The van der Waals surface area contributed by atoms with E-state index >= 15 is 0 Å². The summed E-state index contributed by atoms with van der Waals surface area (Å²) in [7, 11) is 0. The van der Waals surface area contributed by atoms with Gasteiger partial charge in [-0.1, -0.05) is 52.0 Å². The van der Waals surface area contributed by atoms with Crippen molar-refractivity contribution < 1.29 is 0 Å². The molecule has 2 atom stereocenters. The molecule has 17 heavy (non-hydrogen) atoms. The van der Waals surface area contributed by atoms with Crippen LogP contribution in [0.25, 0.3) is 0 Å². The predicted octanol–water partition coefficient (Wildman–Crippen LogP) is 4.39. The van der Waals surface area contributed by atoms with E-state index in [1.807, 2.05) is 0 Å². The summed E-state index contributed by atoms with van der Waals surface area (Å²) in [6, 6.07) is 11.2. The topological polar surface area (TPSA) is 23.8 Å². The Hall–Kier alpha value is -1.29. The minimum Gasteiger partial charge on any atom is -0.197 e. The number of hydrogen-bond donors (Lipinski definition) is 0. The molecule has 2 unspecified atom stereocenters. The van der Waals surface area contributed by atoms with Crippen LogP contribution in [0.1, 0.15) is 57.6 Å². The van der Waals surface area contributed by atoms with E-state index in [0.717, 1.165) is 12.8 Å². The minimum atomic E-state index is -0.235. The van der Waals surface area contributed by atoms with Crippen LogP contribution in [-0.2, 0) is 5.41 Å². The van der Waals surface area contributed by atoms with E-state index in [1.54, 1.807) is 0 Å². The molecule has 0 amide bonds. The summed E-state index contributed by atoms with van der Waals surface area (Å²) in [5.41, 5.74) is 2.47. The van der Waals surface area contributed by atoms with Crippen LogP contribution in [0.4, 0.5) is 0 Å². The molecule has 0 bridgehead atoms. The smallest absolute Gasteiger partial charge is 0.0879 e. The third-order valence-corrected chi connectivity index (χ3v) is 4.51. The summed E-state index contributed by atoms with van der Waals surface area (Å²) < 4.78 is 0. The monoisotopic (exact) mass is 227 g/mol. The molecule has 1 aliphatic rings. The molecule has 1 nitrogen and oxygen atoms in total. The second kappa shape index (κ2) is 3.88. The Balaban J connectivity index is 2.29. The quantitative estimate of drug-likeness (QED) is 0.751. The van der Waals surface area contributed by atoms with Crippen molar-refractivity contribution in [3.05, 3.63) is 35.4 Å². The molecule has 1 aromatic carbocycles. The molecule has 0 radical (unpaired) electrons. The summed E-state index contributed by atoms with van der Waals surface area (Å²) >= 11 is 0. The number of nitrogens with zero attached hydrogens (tertiary/aromatic N) is 1. The van der Waals surface area contributed by atoms with Gasteiger partial charge in [-0.3, -0.25) is 0 Å². The van der Waals surface area contributed by atoms with Gasteiger partial charge >= 0.3 is 0 Å². The summed E-state index contributed by atoms with van der Waals surface area (Å²) in [6.45, 7) is 8.81. The maximum Gasteiger partial charge on any atom is 0.0879 e. The normalized spacial score (nSPS) is 27.2. The fourth-order valence-corrected chi connectivity index (χ4v) is 2.70. The fourth-order valence-electron chi connectivity index (χ4n) is 2.70. The van der Waals surface area contributed by atoms with Gasteiger partial charge in [0.25, 0.3) is 0 Å². The number of rotatable bonds is 3. The molecule has 1 saturated carbocycles. The lowest BCUT2D eigenvalue weighted by molar-refractivity contribution is 0.570. The van der Waals surface area contributed by atoms with E-state index in [0.29, 0.717) is 5.92 Å². The van der Waals surface area contributed by atoms with Crippen molar-refractivity contribution in [2.45, 2.75) is 51.9 Å². The Kier molecular flexibility index (Phi) is 2.78. The van der Waals surface area contributed by atoms with Gasteiger partial charge in [0.2, 0.25) is 0 Å². The highest BCUT2D eigenvalue weighted by Gasteiger charge is 2.62. The molecule has 0 aromatic heterocycles. The summed E-state index contributed by atoms with van der Waals surface area (Å²) in [5, 5.41) is 9.42. The molecule has 90 valence electrons. The zero-order valence-corrected chi connectivity index (χ0v) is 11.2. The lowest BCUT2D eigenvalue weighted by Gasteiger charge is -2.15. The van der Waals surface area contributed by atoms with Crippen LogP contribution in [0.5, 0.6) is 0 Å². The van der Waals surface area contributed by atoms with E-state index < -0.39 is 0 Å². The van der Waals surface area contributed by atoms with Crippen molar-refractivity contribution in [1.82, 2.24) is 0 Å². The number of hydrogen-bond acceptors (Lipinski definition) is 1. The molecule has 0 N–H and O–H groups in total. The molecule has 2 rings (SSSR count). The van der Waals surface area contributed by atoms with Crippen molar-refractivity contribution >= 4 is 0 Å². The van der Waals surface area contributed by atoms with Crippen LogP contribution < -0.4 is 0 Å². The van der Waals surface area contributed by atoms with Crippen LogP contribution in [0, 0.1) is 16.7 Å². The molecule has 0 saturated heterocycles. The van der Waals surface area contributed by atoms with Crippen LogP contribution in [0.2, 0.25) is 0 Å². The van der Waals surface area contributed by atoms with Crippen LogP contribution in [0.3, 0.4) is 0 Å². The first-order chi connectivity index (χ1) is 7.97. The van der Waals surface area contributed by atoms with Crippen molar-refractivity contribution in [1.29, 1.82) is 5.26 Å².